The maximum absolute atomic E-state index is 9.96. The van der Waals surface area contributed by atoms with Crippen LogP contribution < -0.4 is 30.6 Å². The summed E-state index contributed by atoms with van der Waals surface area (Å²) in [5.41, 5.74) is 0. The van der Waals surface area contributed by atoms with E-state index in [2.05, 4.69) is 0 Å². The van der Waals surface area contributed by atoms with E-state index in [-0.39, 0.29) is 34.1 Å². The van der Waals surface area contributed by atoms with Crippen LogP contribution in [0.15, 0.2) is 0 Å². The van der Waals surface area contributed by atoms with Crippen molar-refractivity contribution in [3.8, 4) is 0 Å². The van der Waals surface area contributed by atoms with Crippen LogP contribution in [0, 0.1) is 0 Å². The molecule has 0 aliphatic heterocycles. The Morgan fingerprint density at radius 1 is 0.273 bits per heavy atom. The Hall–Kier alpha value is -2.62. The third-order valence-corrected chi connectivity index (χ3v) is 4.44. The molecule has 0 fully saturated rings. The third kappa shape index (κ3) is 17.6. The summed E-state index contributed by atoms with van der Waals surface area (Å²) in [6.07, 6.45) is -29.3. The molecule has 0 aliphatic carbocycles. The van der Waals surface area contributed by atoms with E-state index in [0.717, 1.165) is 0 Å². The second kappa shape index (κ2) is 23.7. The number of carboxylic acid groups (broad SMARTS) is 6. The predicted octanol–water partition coefficient (Wildman–Crippen LogP) is -18.2. The van der Waals surface area contributed by atoms with Gasteiger partial charge >= 0.3 is 0 Å². The van der Waals surface area contributed by atoms with Gasteiger partial charge in [0.1, 0.15) is 73.2 Å². The van der Waals surface area contributed by atoms with Gasteiger partial charge in [-0.2, -0.15) is 0 Å². The molecule has 0 radical (unpaired) electrons. The standard InChI is InChI=1S/3C6H10O8.2Fe/c3*7-1(3(9)5(11)12)2(8)4(10)6(13)14;;/h3*1-4,7-10H,(H,11,12)(H,13,14);;/p-6/t3*1-,2-,3-,4+;;/m000../s1. The van der Waals surface area contributed by atoms with E-state index < -0.39 is 109 Å². The minimum Gasteiger partial charge on any atom is -0.547 e. The summed E-state index contributed by atoms with van der Waals surface area (Å²) < 4.78 is 0. The van der Waals surface area contributed by atoms with Gasteiger partial charge < -0.3 is 121 Å². The summed E-state index contributed by atoms with van der Waals surface area (Å²) in [4.78, 5) is 59.8. The van der Waals surface area contributed by atoms with Crippen LogP contribution in [0.3, 0.4) is 0 Å². The molecule has 12 atom stereocenters. The molecule has 0 aliphatic rings. The van der Waals surface area contributed by atoms with Crippen LogP contribution in [-0.4, -0.2) is 170 Å². The van der Waals surface area contributed by atoms with Gasteiger partial charge in [0.2, 0.25) is 0 Å². The van der Waals surface area contributed by atoms with Crippen molar-refractivity contribution in [1.29, 1.82) is 0 Å². The second-order valence-corrected chi connectivity index (χ2v) is 7.53. The first-order chi connectivity index (χ1) is 18.9. The van der Waals surface area contributed by atoms with E-state index in [1.54, 1.807) is 0 Å². The number of aliphatic carboxylic acids is 6. The van der Waals surface area contributed by atoms with E-state index >= 15 is 0 Å². The molecule has 262 valence electrons. The zero-order valence-electron chi connectivity index (χ0n) is 20.9. The largest absolute Gasteiger partial charge is 0.547 e. The van der Waals surface area contributed by atoms with Gasteiger partial charge in [0, 0.05) is 34.1 Å². The predicted molar refractivity (Wildman–Crippen MR) is 102 cm³/mol. The monoisotopic (exact) mass is 736 g/mol. The molecule has 0 amide bonds. The molecule has 0 saturated carbocycles. The van der Waals surface area contributed by atoms with Crippen molar-refractivity contribution in [2.24, 2.45) is 0 Å². The van der Waals surface area contributed by atoms with Crippen LogP contribution in [0.5, 0.6) is 0 Å². The molecule has 0 saturated heterocycles. The van der Waals surface area contributed by atoms with Crippen LogP contribution >= 0.6 is 0 Å². The first-order valence-corrected chi connectivity index (χ1v) is 10.3. The fourth-order valence-electron chi connectivity index (χ4n) is 1.96. The van der Waals surface area contributed by atoms with E-state index in [1.807, 2.05) is 0 Å². The zero-order chi connectivity index (χ0) is 34.4. The molecule has 24 nitrogen and oxygen atoms in total. The van der Waals surface area contributed by atoms with Crippen molar-refractivity contribution in [2.75, 3.05) is 0 Å². The Morgan fingerprint density at radius 2 is 0.341 bits per heavy atom. The Balaban J connectivity index is -0.000000169. The molecule has 0 heterocycles. The first kappa shape index (κ1) is 51.0. The molecule has 12 N–H and O–H groups in total. The molecule has 0 aromatic rings. The maximum atomic E-state index is 9.96. The number of hydrogen-bond donors (Lipinski definition) is 12. The molecular weight excluding hydrogens is 712 g/mol. The number of carbonyl (C=O) groups is 6. The van der Waals surface area contributed by atoms with Crippen LogP contribution in [0.1, 0.15) is 0 Å². The molecule has 0 aromatic carbocycles. The normalized spacial score (nSPS) is 18.5. The van der Waals surface area contributed by atoms with Crippen LogP contribution in [-0.2, 0) is 62.9 Å². The van der Waals surface area contributed by atoms with Crippen molar-refractivity contribution < 1.29 is 155 Å². The Bertz CT molecular complexity index is 731. The number of aliphatic hydroxyl groups is 12. The molecule has 0 aromatic heterocycles. The number of hydrogen-bond acceptors (Lipinski definition) is 24. The van der Waals surface area contributed by atoms with Gasteiger partial charge in [-0.05, 0) is 0 Å². The SMILES string of the molecule is O=C([O-])[C@@H](O)[C@@H](O)[C@H](O)[C@@H](O)C(=O)[O-].O=C([O-])[C@@H](O)[C@@H](O)[C@H](O)[C@@H](O)C(=O)[O-].O=C([O-])[C@@H](O)[C@@H](O)[C@H](O)[C@@H](O)C(=O)[O-].[Fe].[Fe]. The number of rotatable bonds is 15. The smallest absolute Gasteiger partial charge is 0.122 e. The summed E-state index contributed by atoms with van der Waals surface area (Å²) in [6.45, 7) is 0. The molecule has 44 heavy (non-hydrogen) atoms. The maximum Gasteiger partial charge on any atom is 0.122 e. The number of carboxylic acids is 6. The average Bonchev–Trinajstić information content (AvgIpc) is 2.92. The summed E-state index contributed by atoms with van der Waals surface area (Å²) in [5.74, 6) is -12.7. The van der Waals surface area contributed by atoms with Crippen LogP contribution in [0.2, 0.25) is 0 Å². The Kier molecular flexibility index (Phi) is 27.5. The van der Waals surface area contributed by atoms with Crippen LogP contribution in [0.4, 0.5) is 0 Å². The first-order valence-electron chi connectivity index (χ1n) is 10.3. The second-order valence-electron chi connectivity index (χ2n) is 7.53. The van der Waals surface area contributed by atoms with Gasteiger partial charge in [-0.25, -0.2) is 0 Å². The van der Waals surface area contributed by atoms with Crippen LogP contribution in [0.25, 0.3) is 0 Å². The summed E-state index contributed by atoms with van der Waals surface area (Å²) >= 11 is 0. The van der Waals surface area contributed by atoms with Crippen molar-refractivity contribution in [3.05, 3.63) is 0 Å². The van der Waals surface area contributed by atoms with Crippen molar-refractivity contribution in [3.63, 3.8) is 0 Å². The molecule has 0 bridgehead atoms. The van der Waals surface area contributed by atoms with Crippen molar-refractivity contribution >= 4 is 35.8 Å². The van der Waals surface area contributed by atoms with Crippen molar-refractivity contribution in [1.82, 2.24) is 0 Å². The molecule has 0 spiro atoms. The zero-order valence-corrected chi connectivity index (χ0v) is 23.1. The van der Waals surface area contributed by atoms with E-state index in [9.17, 15) is 59.4 Å². The van der Waals surface area contributed by atoms with Gasteiger partial charge in [-0.3, -0.25) is 0 Å². The number of carbonyl (C=O) groups excluding carboxylic acids is 6. The van der Waals surface area contributed by atoms with E-state index in [4.69, 9.17) is 61.3 Å². The summed E-state index contributed by atoms with van der Waals surface area (Å²) in [6, 6.07) is 0. The quantitative estimate of drug-likeness (QED) is 0.0694. The Morgan fingerprint density at radius 3 is 0.386 bits per heavy atom. The molecule has 26 heteroatoms. The van der Waals surface area contributed by atoms with Crippen molar-refractivity contribution in [2.45, 2.75) is 73.2 Å². The average molecular weight is 736 g/mol. The molecular formula is C18H24Fe2O24-6. The van der Waals surface area contributed by atoms with Gasteiger partial charge in [0.05, 0.1) is 35.8 Å². The molecule has 0 rings (SSSR count). The van der Waals surface area contributed by atoms with E-state index in [0.29, 0.717) is 0 Å². The van der Waals surface area contributed by atoms with Gasteiger partial charge in [0.15, 0.2) is 0 Å². The van der Waals surface area contributed by atoms with Gasteiger partial charge in [-0.15, -0.1) is 0 Å². The summed E-state index contributed by atoms with van der Waals surface area (Å²) in [7, 11) is 0. The minimum atomic E-state index is -2.50. The van der Waals surface area contributed by atoms with Gasteiger partial charge in [-0.1, -0.05) is 0 Å². The Labute approximate surface area is 263 Å². The minimum absolute atomic E-state index is 0. The fraction of sp³-hybridized carbons (Fsp3) is 0.667. The topological polar surface area (TPSA) is 484 Å². The van der Waals surface area contributed by atoms with E-state index in [1.165, 1.54) is 0 Å². The van der Waals surface area contributed by atoms with Gasteiger partial charge in [0.25, 0.3) is 0 Å². The number of aliphatic hydroxyl groups excluding tert-OH is 12. The molecule has 0 unspecified atom stereocenters. The third-order valence-electron chi connectivity index (χ3n) is 4.44. The fourth-order valence-corrected chi connectivity index (χ4v) is 1.96. The summed E-state index contributed by atoms with van der Waals surface area (Å²) in [5, 5.41) is 164.